The second-order valence-electron chi connectivity index (χ2n) is 6.82. The van der Waals surface area contributed by atoms with E-state index >= 15 is 0 Å². The number of nitrogens with zero attached hydrogens (tertiary/aromatic N) is 3. The first-order valence-corrected chi connectivity index (χ1v) is 10.6. The molecule has 3 heterocycles. The molecule has 3 rings (SSSR count). The summed E-state index contributed by atoms with van der Waals surface area (Å²) in [6.07, 6.45) is 1.72. The van der Waals surface area contributed by atoms with Crippen molar-refractivity contribution in [2.75, 3.05) is 38.6 Å². The average Bonchev–Trinajstić information content (AvgIpc) is 3.10. The Morgan fingerprint density at radius 3 is 2.96 bits per heavy atom. The van der Waals surface area contributed by atoms with Crippen molar-refractivity contribution in [3.63, 3.8) is 0 Å². The Morgan fingerprint density at radius 2 is 2.19 bits per heavy atom. The second-order valence-corrected chi connectivity index (χ2v) is 8.68. The molecule has 1 saturated heterocycles. The summed E-state index contributed by atoms with van der Waals surface area (Å²) in [6, 6.07) is 1.53. The van der Waals surface area contributed by atoms with Gasteiger partial charge in [0, 0.05) is 48.6 Å². The molecule has 0 saturated carbocycles. The smallest absolute Gasteiger partial charge is 0.258 e. The summed E-state index contributed by atoms with van der Waals surface area (Å²) in [6.45, 7) is 8.16. The highest BCUT2D eigenvalue weighted by Gasteiger charge is 2.28. The highest BCUT2D eigenvalue weighted by molar-refractivity contribution is 7.99. The molecule has 142 valence electrons. The number of thioether (sulfide) groups is 1. The van der Waals surface area contributed by atoms with Crippen LogP contribution in [0.5, 0.6) is 0 Å². The van der Waals surface area contributed by atoms with Crippen LogP contribution in [0.4, 0.5) is 0 Å². The van der Waals surface area contributed by atoms with Gasteiger partial charge in [0.1, 0.15) is 0 Å². The molecule has 1 N–H and O–H groups in total. The molecule has 0 bridgehead atoms. The number of amides is 1. The summed E-state index contributed by atoms with van der Waals surface area (Å²) in [5.74, 6) is 0.902. The maximum absolute atomic E-state index is 12.1. The Bertz CT molecular complexity index is 812. The van der Waals surface area contributed by atoms with Gasteiger partial charge in [0.2, 0.25) is 5.91 Å². The van der Waals surface area contributed by atoms with Crippen LogP contribution in [-0.4, -0.2) is 64.3 Å². The van der Waals surface area contributed by atoms with E-state index in [4.69, 9.17) is 4.74 Å². The highest BCUT2D eigenvalue weighted by atomic mass is 32.2. The monoisotopic (exact) mass is 396 g/mol. The standard InChI is InChI=1S/C17H24N4O3S2/c1-17(2,20-3-6-24-7-4-20)12-18-14(22)11-25-10-13-9-15(23)21-5-8-26-16(21)19-13/h5,8-9H,3-4,6-7,10-12H2,1-2H3,(H,18,22). The number of aromatic nitrogens is 2. The van der Waals surface area contributed by atoms with Crippen LogP contribution in [0.2, 0.25) is 0 Å². The number of carbonyl (C=O) groups is 1. The van der Waals surface area contributed by atoms with Gasteiger partial charge < -0.3 is 10.1 Å². The molecule has 2 aromatic rings. The number of fused-ring (bicyclic) bond motifs is 1. The zero-order valence-corrected chi connectivity index (χ0v) is 16.7. The fraction of sp³-hybridized carbons (Fsp3) is 0.588. The van der Waals surface area contributed by atoms with Crippen LogP contribution in [0.15, 0.2) is 22.4 Å². The summed E-state index contributed by atoms with van der Waals surface area (Å²) in [7, 11) is 0. The van der Waals surface area contributed by atoms with E-state index in [1.165, 1.54) is 33.6 Å². The summed E-state index contributed by atoms with van der Waals surface area (Å²) >= 11 is 2.90. The quantitative estimate of drug-likeness (QED) is 0.758. The Morgan fingerprint density at radius 1 is 1.42 bits per heavy atom. The van der Waals surface area contributed by atoms with Crippen LogP contribution < -0.4 is 10.9 Å². The van der Waals surface area contributed by atoms with Gasteiger partial charge >= 0.3 is 0 Å². The van der Waals surface area contributed by atoms with Gasteiger partial charge in [-0.1, -0.05) is 0 Å². The molecule has 0 aliphatic carbocycles. The lowest BCUT2D eigenvalue weighted by atomic mass is 10.0. The Kier molecular flexibility index (Phi) is 6.33. The lowest BCUT2D eigenvalue weighted by Gasteiger charge is -2.40. The third-order valence-corrected chi connectivity index (χ3v) is 6.15. The van der Waals surface area contributed by atoms with E-state index in [0.717, 1.165) is 26.3 Å². The molecule has 0 aromatic carbocycles. The molecule has 1 amide bonds. The van der Waals surface area contributed by atoms with Crippen LogP contribution in [-0.2, 0) is 15.3 Å². The molecular weight excluding hydrogens is 372 g/mol. The SMILES string of the molecule is CC(C)(CNC(=O)CSCc1cc(=O)n2ccsc2n1)N1CCOCC1. The van der Waals surface area contributed by atoms with Crippen LogP contribution in [0.1, 0.15) is 19.5 Å². The number of thiazole rings is 1. The number of hydrogen-bond acceptors (Lipinski definition) is 7. The van der Waals surface area contributed by atoms with Crippen molar-refractivity contribution in [3.8, 4) is 0 Å². The van der Waals surface area contributed by atoms with Gasteiger partial charge in [-0.3, -0.25) is 18.9 Å². The van der Waals surface area contributed by atoms with Gasteiger partial charge in [-0.2, -0.15) is 0 Å². The maximum Gasteiger partial charge on any atom is 0.258 e. The third-order valence-electron chi connectivity index (χ3n) is 4.42. The Hall–Kier alpha value is -1.42. The summed E-state index contributed by atoms with van der Waals surface area (Å²) in [5.41, 5.74) is 0.539. The molecule has 9 heteroatoms. The third kappa shape index (κ3) is 4.85. The predicted molar refractivity (Wildman–Crippen MR) is 105 cm³/mol. The van der Waals surface area contributed by atoms with Crippen LogP contribution in [0.3, 0.4) is 0 Å². The van der Waals surface area contributed by atoms with Crippen molar-refractivity contribution >= 4 is 34.0 Å². The van der Waals surface area contributed by atoms with Crippen LogP contribution >= 0.6 is 23.1 Å². The number of hydrogen-bond donors (Lipinski definition) is 1. The van der Waals surface area contributed by atoms with E-state index < -0.39 is 0 Å². The van der Waals surface area contributed by atoms with Gasteiger partial charge in [-0.15, -0.1) is 23.1 Å². The number of carbonyl (C=O) groups excluding carboxylic acids is 1. The average molecular weight is 397 g/mol. The topological polar surface area (TPSA) is 75.9 Å². The lowest BCUT2D eigenvalue weighted by Crippen LogP contribution is -2.55. The molecule has 2 aromatic heterocycles. The highest BCUT2D eigenvalue weighted by Crippen LogP contribution is 2.16. The fourth-order valence-electron chi connectivity index (χ4n) is 2.86. The lowest BCUT2D eigenvalue weighted by molar-refractivity contribution is -0.119. The molecule has 0 spiro atoms. The van der Waals surface area contributed by atoms with E-state index in [0.29, 0.717) is 28.7 Å². The molecule has 0 radical (unpaired) electrons. The van der Waals surface area contributed by atoms with Gasteiger partial charge in [-0.05, 0) is 13.8 Å². The van der Waals surface area contributed by atoms with E-state index in [2.05, 4.69) is 29.0 Å². The first-order chi connectivity index (χ1) is 12.5. The van der Waals surface area contributed by atoms with Gasteiger partial charge in [-0.25, -0.2) is 4.98 Å². The van der Waals surface area contributed by atoms with Gasteiger partial charge in [0.15, 0.2) is 4.96 Å². The molecule has 26 heavy (non-hydrogen) atoms. The number of morpholine rings is 1. The second kappa shape index (κ2) is 8.51. The van der Waals surface area contributed by atoms with Crippen LogP contribution in [0, 0.1) is 0 Å². The van der Waals surface area contributed by atoms with Crippen molar-refractivity contribution in [3.05, 3.63) is 33.7 Å². The molecule has 1 aliphatic rings. The minimum atomic E-state index is -0.0927. The zero-order chi connectivity index (χ0) is 18.6. The summed E-state index contributed by atoms with van der Waals surface area (Å²) in [4.78, 5) is 31.6. The number of ether oxygens (including phenoxy) is 1. The van der Waals surface area contributed by atoms with E-state index in [9.17, 15) is 9.59 Å². The van der Waals surface area contributed by atoms with E-state index in [1.54, 1.807) is 6.20 Å². The van der Waals surface area contributed by atoms with Crippen molar-refractivity contribution in [1.82, 2.24) is 19.6 Å². The molecule has 1 fully saturated rings. The van der Waals surface area contributed by atoms with Crippen molar-refractivity contribution in [2.45, 2.75) is 25.1 Å². The molecular formula is C17H24N4O3S2. The van der Waals surface area contributed by atoms with Gasteiger partial charge in [0.25, 0.3) is 5.56 Å². The Labute approximate surface area is 160 Å². The molecule has 7 nitrogen and oxygen atoms in total. The minimum Gasteiger partial charge on any atom is -0.379 e. The summed E-state index contributed by atoms with van der Waals surface area (Å²) in [5, 5.41) is 4.85. The van der Waals surface area contributed by atoms with Crippen molar-refractivity contribution < 1.29 is 9.53 Å². The first kappa shape index (κ1) is 19.3. The molecule has 1 aliphatic heterocycles. The first-order valence-electron chi connectivity index (χ1n) is 8.59. The van der Waals surface area contributed by atoms with Crippen molar-refractivity contribution in [1.29, 1.82) is 0 Å². The van der Waals surface area contributed by atoms with E-state index in [1.807, 2.05) is 5.38 Å². The molecule has 0 atom stereocenters. The largest absolute Gasteiger partial charge is 0.379 e. The minimum absolute atomic E-state index is 0.00487. The van der Waals surface area contributed by atoms with Crippen molar-refractivity contribution in [2.24, 2.45) is 0 Å². The number of rotatable bonds is 7. The normalized spacial score (nSPS) is 16.1. The zero-order valence-electron chi connectivity index (χ0n) is 15.1. The van der Waals surface area contributed by atoms with Crippen LogP contribution in [0.25, 0.3) is 4.96 Å². The number of nitrogens with one attached hydrogen (secondary N) is 1. The summed E-state index contributed by atoms with van der Waals surface area (Å²) < 4.78 is 6.91. The maximum atomic E-state index is 12.1. The van der Waals surface area contributed by atoms with E-state index in [-0.39, 0.29) is 17.0 Å². The Balaban J connectivity index is 1.44. The van der Waals surface area contributed by atoms with Gasteiger partial charge in [0.05, 0.1) is 24.7 Å². The fourth-order valence-corrected chi connectivity index (χ4v) is 4.34. The predicted octanol–water partition coefficient (Wildman–Crippen LogP) is 1.22. The molecule has 0 unspecified atom stereocenters.